The lowest BCUT2D eigenvalue weighted by atomic mass is 10.1. The predicted molar refractivity (Wildman–Crippen MR) is 59.0 cm³/mol. The van der Waals surface area contributed by atoms with Crippen molar-refractivity contribution in [3.05, 3.63) is 0 Å². The van der Waals surface area contributed by atoms with Gasteiger partial charge < -0.3 is 16.0 Å². The molecule has 0 saturated carbocycles. The van der Waals surface area contributed by atoms with E-state index in [9.17, 15) is 9.59 Å². The molecule has 16 heavy (non-hydrogen) atoms. The number of nitrogens with one attached hydrogen (secondary N) is 1. The van der Waals surface area contributed by atoms with Crippen LogP contribution >= 0.6 is 0 Å². The van der Waals surface area contributed by atoms with Gasteiger partial charge in [-0.1, -0.05) is 0 Å². The number of carbonyl (C=O) groups is 2. The van der Waals surface area contributed by atoms with Gasteiger partial charge in [0.2, 0.25) is 5.91 Å². The molecule has 6 nitrogen and oxygen atoms in total. The molecule has 2 heterocycles. The summed E-state index contributed by atoms with van der Waals surface area (Å²) in [6.07, 6.45) is 3.54. The smallest absolute Gasteiger partial charge is 0.343 e. The Kier molecular flexibility index (Phi) is 3.07. The first-order chi connectivity index (χ1) is 7.66. The van der Waals surface area contributed by atoms with Crippen LogP contribution in [-0.2, 0) is 4.79 Å². The van der Waals surface area contributed by atoms with Crippen molar-refractivity contribution in [1.29, 1.82) is 0 Å². The van der Waals surface area contributed by atoms with Gasteiger partial charge in [-0.2, -0.15) is 4.99 Å². The Labute approximate surface area is 93.9 Å². The van der Waals surface area contributed by atoms with Gasteiger partial charge in [-0.3, -0.25) is 4.79 Å². The first kappa shape index (κ1) is 10.9. The third-order valence-electron chi connectivity index (χ3n) is 2.97. The highest BCUT2D eigenvalue weighted by atomic mass is 16.2. The number of amides is 3. The van der Waals surface area contributed by atoms with Crippen molar-refractivity contribution in [3.8, 4) is 0 Å². The fraction of sp³-hybridized carbons (Fsp3) is 0.700. The molecule has 0 aromatic carbocycles. The summed E-state index contributed by atoms with van der Waals surface area (Å²) >= 11 is 0. The SMILES string of the molecule is NC1=NC(=O)NC1CC(=O)N1CCCCC1. The number of nitrogens with two attached hydrogens (primary N) is 1. The molecule has 0 spiro atoms. The zero-order valence-corrected chi connectivity index (χ0v) is 9.11. The second-order valence-corrected chi connectivity index (χ2v) is 4.18. The summed E-state index contributed by atoms with van der Waals surface area (Å²) in [6.45, 7) is 1.63. The van der Waals surface area contributed by atoms with E-state index in [4.69, 9.17) is 5.73 Å². The van der Waals surface area contributed by atoms with Crippen molar-refractivity contribution in [1.82, 2.24) is 10.2 Å². The summed E-state index contributed by atoms with van der Waals surface area (Å²) in [5.41, 5.74) is 5.54. The topological polar surface area (TPSA) is 87.8 Å². The fourth-order valence-corrected chi connectivity index (χ4v) is 2.05. The Morgan fingerprint density at radius 1 is 1.44 bits per heavy atom. The maximum Gasteiger partial charge on any atom is 0.343 e. The van der Waals surface area contributed by atoms with Crippen molar-refractivity contribution < 1.29 is 9.59 Å². The number of rotatable bonds is 2. The zero-order chi connectivity index (χ0) is 11.5. The fourth-order valence-electron chi connectivity index (χ4n) is 2.05. The molecule has 2 rings (SSSR count). The summed E-state index contributed by atoms with van der Waals surface area (Å²) in [5, 5.41) is 2.56. The summed E-state index contributed by atoms with van der Waals surface area (Å²) in [7, 11) is 0. The number of hydrogen-bond acceptors (Lipinski definition) is 3. The average molecular weight is 224 g/mol. The lowest BCUT2D eigenvalue weighted by molar-refractivity contribution is -0.132. The Hall–Kier alpha value is -1.59. The van der Waals surface area contributed by atoms with E-state index in [-0.39, 0.29) is 18.2 Å². The van der Waals surface area contributed by atoms with Gasteiger partial charge in [0, 0.05) is 13.1 Å². The first-order valence-corrected chi connectivity index (χ1v) is 5.59. The van der Waals surface area contributed by atoms with Crippen LogP contribution in [0.25, 0.3) is 0 Å². The highest BCUT2D eigenvalue weighted by Gasteiger charge is 2.28. The number of urea groups is 1. The molecule has 88 valence electrons. The Balaban J connectivity index is 1.87. The van der Waals surface area contributed by atoms with E-state index in [0.717, 1.165) is 25.9 Å². The molecule has 1 unspecified atom stereocenters. The molecule has 2 aliphatic rings. The van der Waals surface area contributed by atoms with Gasteiger partial charge in [0.1, 0.15) is 5.84 Å². The maximum atomic E-state index is 11.9. The maximum absolute atomic E-state index is 11.9. The van der Waals surface area contributed by atoms with Crippen LogP contribution < -0.4 is 11.1 Å². The third kappa shape index (κ3) is 2.32. The predicted octanol–water partition coefficient (Wildman–Crippen LogP) is -0.162. The van der Waals surface area contributed by atoms with Crippen molar-refractivity contribution in [2.24, 2.45) is 10.7 Å². The summed E-state index contributed by atoms with van der Waals surface area (Å²) in [6, 6.07) is -0.865. The number of hydrogen-bond donors (Lipinski definition) is 2. The molecule has 0 aromatic rings. The van der Waals surface area contributed by atoms with E-state index in [0.29, 0.717) is 0 Å². The second kappa shape index (κ2) is 4.51. The summed E-state index contributed by atoms with van der Waals surface area (Å²) in [4.78, 5) is 28.2. The van der Waals surface area contributed by atoms with Crippen molar-refractivity contribution in [3.63, 3.8) is 0 Å². The standard InChI is InChI=1S/C10H16N4O2/c11-9-7(12-10(16)13-9)6-8(15)14-4-2-1-3-5-14/h7H,1-6H2,(H3,11,12,13,16). The van der Waals surface area contributed by atoms with Gasteiger partial charge in [0.25, 0.3) is 0 Å². The lowest BCUT2D eigenvalue weighted by Crippen LogP contribution is -2.43. The number of carbonyl (C=O) groups excluding carboxylic acids is 2. The minimum Gasteiger partial charge on any atom is -0.385 e. The highest BCUT2D eigenvalue weighted by Crippen LogP contribution is 2.11. The molecular formula is C10H16N4O2. The van der Waals surface area contributed by atoms with Crippen LogP contribution in [0.15, 0.2) is 4.99 Å². The van der Waals surface area contributed by atoms with Crippen molar-refractivity contribution in [2.45, 2.75) is 31.7 Å². The van der Waals surface area contributed by atoms with Crippen molar-refractivity contribution >= 4 is 17.8 Å². The normalized spacial score (nSPS) is 25.2. The number of amidine groups is 1. The average Bonchev–Trinajstić information content (AvgIpc) is 2.59. The van der Waals surface area contributed by atoms with Crippen LogP contribution in [0.3, 0.4) is 0 Å². The third-order valence-corrected chi connectivity index (χ3v) is 2.97. The van der Waals surface area contributed by atoms with Crippen LogP contribution in [0, 0.1) is 0 Å². The second-order valence-electron chi connectivity index (χ2n) is 4.18. The summed E-state index contributed by atoms with van der Waals surface area (Å²) < 4.78 is 0. The Morgan fingerprint density at radius 2 is 2.12 bits per heavy atom. The van der Waals surface area contributed by atoms with E-state index in [1.54, 1.807) is 0 Å². The largest absolute Gasteiger partial charge is 0.385 e. The van der Waals surface area contributed by atoms with E-state index >= 15 is 0 Å². The van der Waals surface area contributed by atoms with Crippen LogP contribution in [0.1, 0.15) is 25.7 Å². The molecule has 3 N–H and O–H groups in total. The highest BCUT2D eigenvalue weighted by molar-refractivity contribution is 6.04. The molecule has 1 fully saturated rings. The molecule has 1 saturated heterocycles. The number of piperidine rings is 1. The van der Waals surface area contributed by atoms with E-state index in [2.05, 4.69) is 10.3 Å². The molecule has 0 bridgehead atoms. The Morgan fingerprint density at radius 3 is 2.69 bits per heavy atom. The van der Waals surface area contributed by atoms with E-state index in [1.165, 1.54) is 6.42 Å². The molecular weight excluding hydrogens is 208 g/mol. The van der Waals surface area contributed by atoms with Gasteiger partial charge >= 0.3 is 6.03 Å². The van der Waals surface area contributed by atoms with Crippen LogP contribution in [0.5, 0.6) is 0 Å². The molecule has 1 atom stereocenters. The molecule has 0 aliphatic carbocycles. The zero-order valence-electron chi connectivity index (χ0n) is 9.11. The Bertz CT molecular complexity index is 334. The summed E-state index contributed by atoms with van der Waals surface area (Å²) in [5.74, 6) is 0.264. The minimum absolute atomic E-state index is 0.0463. The number of nitrogens with zero attached hydrogens (tertiary/aromatic N) is 2. The lowest BCUT2D eigenvalue weighted by Gasteiger charge is -2.27. The van der Waals surface area contributed by atoms with E-state index in [1.807, 2.05) is 4.90 Å². The van der Waals surface area contributed by atoms with Gasteiger partial charge in [-0.15, -0.1) is 0 Å². The first-order valence-electron chi connectivity index (χ1n) is 5.59. The minimum atomic E-state index is -0.450. The molecule has 0 aromatic heterocycles. The van der Waals surface area contributed by atoms with Crippen LogP contribution in [0.4, 0.5) is 4.79 Å². The molecule has 6 heteroatoms. The quantitative estimate of drug-likeness (QED) is 0.683. The molecule has 3 amide bonds. The van der Waals surface area contributed by atoms with Gasteiger partial charge in [0.05, 0.1) is 12.5 Å². The van der Waals surface area contributed by atoms with E-state index < -0.39 is 12.1 Å². The van der Waals surface area contributed by atoms with Gasteiger partial charge in [-0.25, -0.2) is 4.79 Å². The monoisotopic (exact) mass is 224 g/mol. The van der Waals surface area contributed by atoms with Gasteiger partial charge in [-0.05, 0) is 19.3 Å². The van der Waals surface area contributed by atoms with Crippen LogP contribution in [-0.4, -0.2) is 41.8 Å². The molecule has 2 aliphatic heterocycles. The van der Waals surface area contributed by atoms with Crippen molar-refractivity contribution in [2.75, 3.05) is 13.1 Å². The number of aliphatic imine (C=N–C) groups is 1. The molecule has 0 radical (unpaired) electrons. The number of likely N-dealkylation sites (tertiary alicyclic amines) is 1. The van der Waals surface area contributed by atoms with Crippen LogP contribution in [0.2, 0.25) is 0 Å². The van der Waals surface area contributed by atoms with Gasteiger partial charge in [0.15, 0.2) is 0 Å².